The van der Waals surface area contributed by atoms with E-state index in [4.69, 9.17) is 4.74 Å². The van der Waals surface area contributed by atoms with Gasteiger partial charge in [-0.3, -0.25) is 0 Å². The molecule has 1 fully saturated rings. The largest absolute Gasteiger partial charge is 0.385 e. The van der Waals surface area contributed by atoms with Crippen molar-refractivity contribution in [2.45, 2.75) is 57.9 Å². The molecule has 1 saturated carbocycles. The molecule has 1 rings (SSSR count). The van der Waals surface area contributed by atoms with E-state index in [1.54, 1.807) is 7.11 Å². The minimum Gasteiger partial charge on any atom is -0.385 e. The SMILES string of the molecule is CCCNC(CCCOC)C1CCCC1. The van der Waals surface area contributed by atoms with Crippen LogP contribution in [0.25, 0.3) is 0 Å². The van der Waals surface area contributed by atoms with Crippen LogP contribution in [0.3, 0.4) is 0 Å². The maximum absolute atomic E-state index is 5.13. The van der Waals surface area contributed by atoms with Gasteiger partial charge in [-0.2, -0.15) is 0 Å². The van der Waals surface area contributed by atoms with Gasteiger partial charge in [-0.05, 0) is 44.6 Å². The van der Waals surface area contributed by atoms with Crippen molar-refractivity contribution in [3.8, 4) is 0 Å². The lowest BCUT2D eigenvalue weighted by atomic mass is 9.94. The molecule has 1 atom stereocenters. The second-order valence-corrected chi connectivity index (χ2v) is 4.74. The van der Waals surface area contributed by atoms with E-state index in [-0.39, 0.29) is 0 Å². The van der Waals surface area contributed by atoms with Gasteiger partial charge < -0.3 is 10.1 Å². The van der Waals surface area contributed by atoms with Crippen LogP contribution in [0, 0.1) is 5.92 Å². The van der Waals surface area contributed by atoms with Gasteiger partial charge in [0.15, 0.2) is 0 Å². The van der Waals surface area contributed by atoms with Crippen LogP contribution in [0.2, 0.25) is 0 Å². The lowest BCUT2D eigenvalue weighted by Crippen LogP contribution is -2.35. The fourth-order valence-electron chi connectivity index (χ4n) is 2.64. The number of hydrogen-bond acceptors (Lipinski definition) is 2. The van der Waals surface area contributed by atoms with Gasteiger partial charge in [0.2, 0.25) is 0 Å². The molecule has 0 spiro atoms. The highest BCUT2D eigenvalue weighted by molar-refractivity contribution is 4.80. The van der Waals surface area contributed by atoms with Crippen LogP contribution in [0.15, 0.2) is 0 Å². The third-order valence-corrected chi connectivity index (χ3v) is 3.49. The summed E-state index contributed by atoms with van der Waals surface area (Å²) in [5.41, 5.74) is 0. The maximum Gasteiger partial charge on any atom is 0.0462 e. The quantitative estimate of drug-likeness (QED) is 0.626. The van der Waals surface area contributed by atoms with Crippen molar-refractivity contribution in [3.05, 3.63) is 0 Å². The van der Waals surface area contributed by atoms with E-state index in [0.29, 0.717) is 0 Å². The monoisotopic (exact) mass is 213 g/mol. The molecule has 0 aromatic carbocycles. The van der Waals surface area contributed by atoms with Crippen LogP contribution in [-0.4, -0.2) is 26.3 Å². The highest BCUT2D eigenvalue weighted by Gasteiger charge is 2.23. The predicted octanol–water partition coefficient (Wildman–Crippen LogP) is 2.97. The first-order chi connectivity index (χ1) is 7.38. The zero-order valence-electron chi connectivity index (χ0n) is 10.4. The summed E-state index contributed by atoms with van der Waals surface area (Å²) in [5, 5.41) is 3.71. The average molecular weight is 213 g/mol. The lowest BCUT2D eigenvalue weighted by Gasteiger charge is -2.24. The zero-order valence-corrected chi connectivity index (χ0v) is 10.4. The van der Waals surface area contributed by atoms with E-state index >= 15 is 0 Å². The molecule has 0 aromatic rings. The topological polar surface area (TPSA) is 21.3 Å². The molecule has 0 saturated heterocycles. The maximum atomic E-state index is 5.13. The van der Waals surface area contributed by atoms with E-state index in [1.165, 1.54) is 51.5 Å². The molecule has 15 heavy (non-hydrogen) atoms. The summed E-state index contributed by atoms with van der Waals surface area (Å²) >= 11 is 0. The number of methoxy groups -OCH3 is 1. The molecule has 1 unspecified atom stereocenters. The van der Waals surface area contributed by atoms with Gasteiger partial charge >= 0.3 is 0 Å². The van der Waals surface area contributed by atoms with Crippen LogP contribution in [0.4, 0.5) is 0 Å². The minimum atomic E-state index is 0.752. The van der Waals surface area contributed by atoms with Gasteiger partial charge in [0, 0.05) is 19.8 Å². The van der Waals surface area contributed by atoms with E-state index < -0.39 is 0 Å². The Hall–Kier alpha value is -0.0800. The Morgan fingerprint density at radius 3 is 2.67 bits per heavy atom. The Morgan fingerprint density at radius 2 is 2.07 bits per heavy atom. The number of hydrogen-bond donors (Lipinski definition) is 1. The van der Waals surface area contributed by atoms with Gasteiger partial charge in [-0.25, -0.2) is 0 Å². The van der Waals surface area contributed by atoms with Crippen molar-refractivity contribution < 1.29 is 4.74 Å². The molecule has 0 amide bonds. The number of rotatable bonds is 8. The molecule has 2 heteroatoms. The number of ether oxygens (including phenoxy) is 1. The second-order valence-electron chi connectivity index (χ2n) is 4.74. The first kappa shape index (κ1) is 13.0. The average Bonchev–Trinajstić information content (AvgIpc) is 2.76. The first-order valence-corrected chi connectivity index (χ1v) is 6.60. The van der Waals surface area contributed by atoms with Crippen LogP contribution in [0.1, 0.15) is 51.9 Å². The van der Waals surface area contributed by atoms with Crippen molar-refractivity contribution in [1.29, 1.82) is 0 Å². The second kappa shape index (κ2) is 8.12. The Kier molecular flexibility index (Phi) is 7.03. The summed E-state index contributed by atoms with van der Waals surface area (Å²) in [7, 11) is 1.80. The molecular formula is C13H27NO. The third kappa shape index (κ3) is 4.98. The summed E-state index contributed by atoms with van der Waals surface area (Å²) in [6, 6.07) is 0.752. The molecule has 0 aliphatic heterocycles. The summed E-state index contributed by atoms with van der Waals surface area (Å²) in [6.45, 7) is 4.33. The van der Waals surface area contributed by atoms with Crippen LogP contribution >= 0.6 is 0 Å². The highest BCUT2D eigenvalue weighted by Crippen LogP contribution is 2.29. The summed E-state index contributed by atoms with van der Waals surface area (Å²) in [5.74, 6) is 0.938. The van der Waals surface area contributed by atoms with Crippen molar-refractivity contribution in [3.63, 3.8) is 0 Å². The predicted molar refractivity (Wildman–Crippen MR) is 65.1 cm³/mol. The molecule has 0 aromatic heterocycles. The smallest absolute Gasteiger partial charge is 0.0462 e. The standard InChI is InChI=1S/C13H27NO/c1-3-10-14-13(9-6-11-15-2)12-7-4-5-8-12/h12-14H,3-11H2,1-2H3. The molecule has 2 nitrogen and oxygen atoms in total. The van der Waals surface area contributed by atoms with Crippen LogP contribution in [-0.2, 0) is 4.74 Å². The van der Waals surface area contributed by atoms with E-state index in [1.807, 2.05) is 0 Å². The molecular weight excluding hydrogens is 186 g/mol. The van der Waals surface area contributed by atoms with Gasteiger partial charge in [0.05, 0.1) is 0 Å². The first-order valence-electron chi connectivity index (χ1n) is 6.60. The van der Waals surface area contributed by atoms with Gasteiger partial charge in [0.1, 0.15) is 0 Å². The van der Waals surface area contributed by atoms with Crippen LogP contribution in [0.5, 0.6) is 0 Å². The normalized spacial score (nSPS) is 19.6. The zero-order chi connectivity index (χ0) is 10.9. The Labute approximate surface area is 94.8 Å². The fourth-order valence-corrected chi connectivity index (χ4v) is 2.64. The van der Waals surface area contributed by atoms with Gasteiger partial charge in [0.25, 0.3) is 0 Å². The van der Waals surface area contributed by atoms with Gasteiger partial charge in [-0.15, -0.1) is 0 Å². The highest BCUT2D eigenvalue weighted by atomic mass is 16.5. The third-order valence-electron chi connectivity index (χ3n) is 3.49. The summed E-state index contributed by atoms with van der Waals surface area (Å²) in [4.78, 5) is 0. The summed E-state index contributed by atoms with van der Waals surface area (Å²) < 4.78 is 5.13. The molecule has 1 N–H and O–H groups in total. The van der Waals surface area contributed by atoms with Crippen molar-refractivity contribution in [1.82, 2.24) is 5.32 Å². The molecule has 1 aliphatic rings. The molecule has 0 heterocycles. The molecule has 0 radical (unpaired) electrons. The number of nitrogens with one attached hydrogen (secondary N) is 1. The Balaban J connectivity index is 2.23. The minimum absolute atomic E-state index is 0.752. The molecule has 0 bridgehead atoms. The molecule has 90 valence electrons. The lowest BCUT2D eigenvalue weighted by molar-refractivity contribution is 0.183. The summed E-state index contributed by atoms with van der Waals surface area (Å²) in [6.07, 6.45) is 9.50. The van der Waals surface area contributed by atoms with Crippen molar-refractivity contribution >= 4 is 0 Å². The van der Waals surface area contributed by atoms with Gasteiger partial charge in [-0.1, -0.05) is 19.8 Å². The van der Waals surface area contributed by atoms with Crippen LogP contribution < -0.4 is 5.32 Å². The fraction of sp³-hybridized carbons (Fsp3) is 1.00. The Bertz CT molecular complexity index is 143. The van der Waals surface area contributed by atoms with E-state index in [2.05, 4.69) is 12.2 Å². The van der Waals surface area contributed by atoms with E-state index in [9.17, 15) is 0 Å². The van der Waals surface area contributed by atoms with Crippen molar-refractivity contribution in [2.75, 3.05) is 20.3 Å². The van der Waals surface area contributed by atoms with Crippen molar-refractivity contribution in [2.24, 2.45) is 5.92 Å². The van der Waals surface area contributed by atoms with E-state index in [0.717, 1.165) is 18.6 Å². The molecule has 1 aliphatic carbocycles. The Morgan fingerprint density at radius 1 is 1.33 bits per heavy atom.